The number of methoxy groups -OCH3 is 1. The van der Waals surface area contributed by atoms with E-state index >= 15 is 0 Å². The average Bonchev–Trinajstić information content (AvgIpc) is 2.46. The van der Waals surface area contributed by atoms with Crippen molar-refractivity contribution in [3.63, 3.8) is 0 Å². The number of carbonyl (C=O) groups is 1. The molecule has 0 fully saturated rings. The van der Waals surface area contributed by atoms with Gasteiger partial charge in [-0.25, -0.2) is 4.79 Å². The zero-order valence-electron chi connectivity index (χ0n) is 13.2. The lowest BCUT2D eigenvalue weighted by molar-refractivity contribution is 0.0598. The highest BCUT2D eigenvalue weighted by molar-refractivity contribution is 5.91. The molecule has 0 bridgehead atoms. The predicted molar refractivity (Wildman–Crippen MR) is 83.1 cm³/mol. The molecule has 3 heteroatoms. The second kappa shape index (κ2) is 8.75. The Labute approximate surface area is 122 Å². The lowest BCUT2D eigenvalue weighted by Gasteiger charge is -2.21. The Balaban J connectivity index is 3.01. The number of ether oxygens (including phenoxy) is 1. The van der Waals surface area contributed by atoms with Crippen LogP contribution in [0.5, 0.6) is 0 Å². The van der Waals surface area contributed by atoms with Gasteiger partial charge in [-0.2, -0.15) is 0 Å². The first-order chi connectivity index (χ1) is 9.63. The third kappa shape index (κ3) is 4.64. The summed E-state index contributed by atoms with van der Waals surface area (Å²) in [4.78, 5) is 12.0. The van der Waals surface area contributed by atoms with E-state index in [1.54, 1.807) is 0 Å². The first kappa shape index (κ1) is 16.7. The van der Waals surface area contributed by atoms with E-state index in [0.29, 0.717) is 5.56 Å². The normalized spacial score (nSPS) is 12.2. The molecule has 0 aliphatic carbocycles. The molecule has 112 valence electrons. The Morgan fingerprint density at radius 3 is 2.65 bits per heavy atom. The van der Waals surface area contributed by atoms with Crippen molar-refractivity contribution in [2.75, 3.05) is 13.7 Å². The number of aryl methyl sites for hydroxylation is 1. The topological polar surface area (TPSA) is 38.3 Å². The third-order valence-electron chi connectivity index (χ3n) is 3.49. The van der Waals surface area contributed by atoms with Gasteiger partial charge in [0, 0.05) is 6.04 Å². The van der Waals surface area contributed by atoms with Gasteiger partial charge in [-0.05, 0) is 37.9 Å². The van der Waals surface area contributed by atoms with Crippen molar-refractivity contribution in [2.24, 2.45) is 0 Å². The number of carbonyl (C=O) groups excluding carboxylic acids is 1. The van der Waals surface area contributed by atoms with Crippen molar-refractivity contribution >= 4 is 5.97 Å². The molecule has 0 saturated carbocycles. The summed E-state index contributed by atoms with van der Waals surface area (Å²) in [5, 5.41) is 3.57. The molecule has 0 aliphatic heterocycles. The van der Waals surface area contributed by atoms with Gasteiger partial charge in [0.1, 0.15) is 0 Å². The quantitative estimate of drug-likeness (QED) is 0.576. The molecule has 0 aromatic heterocycles. The van der Waals surface area contributed by atoms with Crippen LogP contribution in [0, 0.1) is 6.92 Å². The van der Waals surface area contributed by atoms with Crippen LogP contribution in [0.25, 0.3) is 0 Å². The molecule has 0 heterocycles. The average molecular weight is 277 g/mol. The number of unbranched alkanes of at least 4 members (excludes halogenated alkanes) is 1. The van der Waals surface area contributed by atoms with Crippen molar-refractivity contribution in [3.8, 4) is 0 Å². The van der Waals surface area contributed by atoms with Gasteiger partial charge in [0.25, 0.3) is 0 Å². The fourth-order valence-electron chi connectivity index (χ4n) is 2.37. The van der Waals surface area contributed by atoms with Gasteiger partial charge in [-0.1, -0.05) is 44.4 Å². The molecule has 0 aliphatic rings. The summed E-state index contributed by atoms with van der Waals surface area (Å²) in [6.07, 6.45) is 4.43. The number of hydrogen-bond donors (Lipinski definition) is 1. The van der Waals surface area contributed by atoms with E-state index in [9.17, 15) is 4.79 Å². The van der Waals surface area contributed by atoms with Gasteiger partial charge in [0.05, 0.1) is 12.7 Å². The summed E-state index contributed by atoms with van der Waals surface area (Å²) in [6.45, 7) is 7.33. The van der Waals surface area contributed by atoms with Crippen LogP contribution in [-0.4, -0.2) is 19.6 Å². The van der Waals surface area contributed by atoms with Gasteiger partial charge in [-0.3, -0.25) is 0 Å². The predicted octanol–water partition coefficient (Wildman–Crippen LogP) is 4.01. The number of benzene rings is 1. The molecule has 1 rings (SSSR count). The van der Waals surface area contributed by atoms with Gasteiger partial charge >= 0.3 is 5.97 Å². The van der Waals surface area contributed by atoms with Gasteiger partial charge in [0.2, 0.25) is 0 Å². The molecule has 1 N–H and O–H groups in total. The molecule has 20 heavy (non-hydrogen) atoms. The monoisotopic (exact) mass is 277 g/mol. The zero-order valence-corrected chi connectivity index (χ0v) is 13.2. The van der Waals surface area contributed by atoms with Crippen molar-refractivity contribution in [1.29, 1.82) is 0 Å². The molecule has 3 nitrogen and oxygen atoms in total. The van der Waals surface area contributed by atoms with E-state index in [-0.39, 0.29) is 12.0 Å². The van der Waals surface area contributed by atoms with Gasteiger partial charge in [-0.15, -0.1) is 0 Å². The fourth-order valence-corrected chi connectivity index (χ4v) is 2.37. The third-order valence-corrected chi connectivity index (χ3v) is 3.49. The van der Waals surface area contributed by atoms with E-state index in [1.807, 2.05) is 13.0 Å². The minimum absolute atomic E-state index is 0.223. The van der Waals surface area contributed by atoms with Crippen LogP contribution in [0.4, 0.5) is 0 Å². The minimum atomic E-state index is -0.248. The number of rotatable bonds is 8. The van der Waals surface area contributed by atoms with Crippen LogP contribution >= 0.6 is 0 Å². The second-order valence-electron chi connectivity index (χ2n) is 5.23. The van der Waals surface area contributed by atoms with Crippen LogP contribution in [-0.2, 0) is 4.74 Å². The second-order valence-corrected chi connectivity index (χ2v) is 5.23. The van der Waals surface area contributed by atoms with Gasteiger partial charge < -0.3 is 10.1 Å². The Kier molecular flexibility index (Phi) is 7.31. The Morgan fingerprint density at radius 1 is 1.30 bits per heavy atom. The summed E-state index contributed by atoms with van der Waals surface area (Å²) in [7, 11) is 1.44. The molecule has 1 aromatic rings. The van der Waals surface area contributed by atoms with Gasteiger partial charge in [0.15, 0.2) is 0 Å². The molecular formula is C17H27NO2. The number of hydrogen-bond acceptors (Lipinski definition) is 3. The van der Waals surface area contributed by atoms with Crippen molar-refractivity contribution in [2.45, 2.75) is 52.5 Å². The molecule has 1 atom stereocenters. The summed E-state index contributed by atoms with van der Waals surface area (Å²) >= 11 is 0. The molecule has 0 radical (unpaired) electrons. The maximum atomic E-state index is 12.0. The number of nitrogens with one attached hydrogen (secondary N) is 1. The fraction of sp³-hybridized carbons (Fsp3) is 0.588. The lowest BCUT2D eigenvalue weighted by atomic mass is 9.95. The van der Waals surface area contributed by atoms with Crippen LogP contribution in [0.3, 0.4) is 0 Å². The Morgan fingerprint density at radius 2 is 2.05 bits per heavy atom. The van der Waals surface area contributed by atoms with E-state index in [0.717, 1.165) is 36.9 Å². The molecule has 0 saturated heterocycles. The van der Waals surface area contributed by atoms with Crippen molar-refractivity contribution in [1.82, 2.24) is 5.32 Å². The molecule has 0 spiro atoms. The summed E-state index contributed by atoms with van der Waals surface area (Å²) in [5.41, 5.74) is 2.83. The SMILES string of the molecule is CCCCNC(CCC)c1ccc(C)cc1C(=O)OC. The van der Waals surface area contributed by atoms with E-state index in [4.69, 9.17) is 4.74 Å². The molecule has 0 amide bonds. The zero-order chi connectivity index (χ0) is 15.0. The lowest BCUT2D eigenvalue weighted by Crippen LogP contribution is -2.24. The Hall–Kier alpha value is -1.35. The largest absolute Gasteiger partial charge is 0.465 e. The highest BCUT2D eigenvalue weighted by atomic mass is 16.5. The van der Waals surface area contributed by atoms with Crippen LogP contribution < -0.4 is 5.32 Å². The van der Waals surface area contributed by atoms with E-state index in [1.165, 1.54) is 13.5 Å². The van der Waals surface area contributed by atoms with Crippen LogP contribution in [0.15, 0.2) is 18.2 Å². The maximum absolute atomic E-state index is 12.0. The molecule has 1 unspecified atom stereocenters. The van der Waals surface area contributed by atoms with E-state index < -0.39 is 0 Å². The summed E-state index contributed by atoms with van der Waals surface area (Å²) < 4.78 is 4.92. The molecular weight excluding hydrogens is 250 g/mol. The Bertz CT molecular complexity index is 429. The highest BCUT2D eigenvalue weighted by Crippen LogP contribution is 2.24. The van der Waals surface area contributed by atoms with Crippen LogP contribution in [0.2, 0.25) is 0 Å². The summed E-state index contributed by atoms with van der Waals surface area (Å²) in [6, 6.07) is 6.26. The standard InChI is InChI=1S/C17H27NO2/c1-5-7-11-18-16(8-6-2)14-10-9-13(3)12-15(14)17(19)20-4/h9-10,12,16,18H,5-8,11H2,1-4H3. The molecule has 1 aromatic carbocycles. The summed E-state index contributed by atoms with van der Waals surface area (Å²) in [5.74, 6) is -0.248. The minimum Gasteiger partial charge on any atom is -0.465 e. The first-order valence-corrected chi connectivity index (χ1v) is 7.56. The first-order valence-electron chi connectivity index (χ1n) is 7.56. The maximum Gasteiger partial charge on any atom is 0.338 e. The van der Waals surface area contributed by atoms with Crippen molar-refractivity contribution in [3.05, 3.63) is 34.9 Å². The van der Waals surface area contributed by atoms with Crippen LogP contribution in [0.1, 0.15) is 67.1 Å². The van der Waals surface area contributed by atoms with Crippen molar-refractivity contribution < 1.29 is 9.53 Å². The number of esters is 1. The smallest absolute Gasteiger partial charge is 0.338 e. The van der Waals surface area contributed by atoms with E-state index in [2.05, 4.69) is 31.3 Å². The highest BCUT2D eigenvalue weighted by Gasteiger charge is 2.19.